The minimum absolute atomic E-state index is 0.0416. The number of methoxy groups -OCH3 is 1. The van der Waals surface area contributed by atoms with Gasteiger partial charge in [0.25, 0.3) is 0 Å². The number of carbonyl (C=O) groups is 1. The van der Waals surface area contributed by atoms with Gasteiger partial charge in [0.1, 0.15) is 0 Å². The van der Waals surface area contributed by atoms with Crippen LogP contribution in [0.4, 0.5) is 0 Å². The second kappa shape index (κ2) is 7.59. The van der Waals surface area contributed by atoms with Gasteiger partial charge in [0.15, 0.2) is 0 Å². The largest absolute Gasteiger partial charge is 0.469 e. The second-order valence-electron chi connectivity index (χ2n) is 7.09. The van der Waals surface area contributed by atoms with Gasteiger partial charge in [-0.15, -0.1) is 0 Å². The molecule has 1 aliphatic carbocycles. The lowest BCUT2D eigenvalue weighted by Crippen LogP contribution is -2.46. The highest BCUT2D eigenvalue weighted by molar-refractivity contribution is 5.73. The van der Waals surface area contributed by atoms with E-state index in [2.05, 4.69) is 18.7 Å². The maximum atomic E-state index is 11.9. The van der Waals surface area contributed by atoms with E-state index in [1.54, 1.807) is 0 Å². The fourth-order valence-corrected chi connectivity index (χ4v) is 4.42. The molecule has 1 heterocycles. The fraction of sp³-hybridized carbons (Fsp3) is 0.941. The fourth-order valence-electron chi connectivity index (χ4n) is 4.42. The van der Waals surface area contributed by atoms with Crippen LogP contribution in [-0.4, -0.2) is 43.7 Å². The van der Waals surface area contributed by atoms with Gasteiger partial charge in [-0.25, -0.2) is 0 Å². The van der Waals surface area contributed by atoms with E-state index in [-0.39, 0.29) is 11.9 Å². The van der Waals surface area contributed by atoms with Gasteiger partial charge in [-0.05, 0) is 37.1 Å². The molecule has 0 aromatic heterocycles. The Morgan fingerprint density at radius 3 is 2.71 bits per heavy atom. The van der Waals surface area contributed by atoms with Gasteiger partial charge in [-0.1, -0.05) is 33.1 Å². The molecule has 5 atom stereocenters. The summed E-state index contributed by atoms with van der Waals surface area (Å²) in [6.07, 6.45) is 6.44. The third-order valence-electron chi connectivity index (χ3n) is 5.68. The summed E-state index contributed by atoms with van der Waals surface area (Å²) in [4.78, 5) is 14.4. The molecule has 0 radical (unpaired) electrons. The van der Waals surface area contributed by atoms with E-state index in [4.69, 9.17) is 10.5 Å². The topological polar surface area (TPSA) is 55.6 Å². The summed E-state index contributed by atoms with van der Waals surface area (Å²) in [5, 5.41) is 0. The number of nitrogens with zero attached hydrogens (tertiary/aromatic N) is 1. The second-order valence-corrected chi connectivity index (χ2v) is 7.09. The van der Waals surface area contributed by atoms with Crippen LogP contribution < -0.4 is 5.73 Å². The molecule has 0 bridgehead atoms. The van der Waals surface area contributed by atoms with E-state index in [1.807, 2.05) is 0 Å². The van der Waals surface area contributed by atoms with Gasteiger partial charge in [0.2, 0.25) is 0 Å². The van der Waals surface area contributed by atoms with Crippen molar-refractivity contribution < 1.29 is 9.53 Å². The molecule has 5 unspecified atom stereocenters. The third kappa shape index (κ3) is 3.78. The Morgan fingerprint density at radius 2 is 2.10 bits per heavy atom. The van der Waals surface area contributed by atoms with Crippen molar-refractivity contribution in [2.45, 2.75) is 52.0 Å². The minimum Gasteiger partial charge on any atom is -0.469 e. The van der Waals surface area contributed by atoms with Crippen molar-refractivity contribution >= 4 is 5.97 Å². The molecule has 0 amide bonds. The summed E-state index contributed by atoms with van der Waals surface area (Å²) >= 11 is 0. The number of rotatable bonds is 5. The van der Waals surface area contributed by atoms with Crippen LogP contribution in [0.3, 0.4) is 0 Å². The number of carbonyl (C=O) groups excluding carboxylic acids is 1. The summed E-state index contributed by atoms with van der Waals surface area (Å²) in [6, 6.07) is 0.567. The summed E-state index contributed by atoms with van der Waals surface area (Å²) in [6.45, 7) is 7.09. The Hall–Kier alpha value is -0.610. The first-order chi connectivity index (χ1) is 10.1. The van der Waals surface area contributed by atoms with Crippen molar-refractivity contribution in [3.63, 3.8) is 0 Å². The zero-order valence-corrected chi connectivity index (χ0v) is 13.9. The number of esters is 1. The van der Waals surface area contributed by atoms with E-state index in [0.717, 1.165) is 25.6 Å². The molecule has 1 saturated heterocycles. The summed E-state index contributed by atoms with van der Waals surface area (Å²) < 4.78 is 4.96. The molecule has 122 valence electrons. The molecule has 0 aromatic carbocycles. The number of ether oxygens (including phenoxy) is 1. The van der Waals surface area contributed by atoms with Crippen LogP contribution in [0.2, 0.25) is 0 Å². The maximum absolute atomic E-state index is 11.9. The van der Waals surface area contributed by atoms with Crippen molar-refractivity contribution in [3.05, 3.63) is 0 Å². The van der Waals surface area contributed by atoms with Gasteiger partial charge < -0.3 is 10.5 Å². The predicted molar refractivity (Wildman–Crippen MR) is 84.8 cm³/mol. The number of likely N-dealkylation sites (tertiary alicyclic amines) is 1. The van der Waals surface area contributed by atoms with Gasteiger partial charge in [-0.3, -0.25) is 9.69 Å². The molecule has 2 rings (SSSR count). The molecule has 4 nitrogen and oxygen atoms in total. The standard InChI is InChI=1S/C17H32N2O2/c1-4-5-13-6-7-14(9-18)16(8-13)19-10-12(2)15(11-19)17(20)21-3/h12-16H,4-11,18H2,1-3H3. The van der Waals surface area contributed by atoms with E-state index in [0.29, 0.717) is 17.9 Å². The molecule has 21 heavy (non-hydrogen) atoms. The smallest absolute Gasteiger partial charge is 0.310 e. The van der Waals surface area contributed by atoms with Crippen molar-refractivity contribution in [2.24, 2.45) is 29.4 Å². The first-order valence-corrected chi connectivity index (χ1v) is 8.62. The highest BCUT2D eigenvalue weighted by Gasteiger charge is 2.42. The Morgan fingerprint density at radius 1 is 1.33 bits per heavy atom. The van der Waals surface area contributed by atoms with Crippen LogP contribution in [0.15, 0.2) is 0 Å². The maximum Gasteiger partial charge on any atom is 0.310 e. The van der Waals surface area contributed by atoms with Gasteiger partial charge in [0.05, 0.1) is 13.0 Å². The SMILES string of the molecule is CCCC1CCC(CN)C(N2CC(C)C(C(=O)OC)C2)C1. The molecular formula is C17H32N2O2. The molecule has 2 aliphatic rings. The lowest BCUT2D eigenvalue weighted by atomic mass is 9.76. The van der Waals surface area contributed by atoms with Gasteiger partial charge in [0, 0.05) is 19.1 Å². The average molecular weight is 296 g/mol. The molecule has 0 spiro atoms. The third-order valence-corrected chi connectivity index (χ3v) is 5.68. The number of hydrogen-bond donors (Lipinski definition) is 1. The van der Waals surface area contributed by atoms with Crippen LogP contribution in [0.25, 0.3) is 0 Å². The first kappa shape index (κ1) is 16.8. The van der Waals surface area contributed by atoms with Crippen molar-refractivity contribution in [2.75, 3.05) is 26.7 Å². The average Bonchev–Trinajstić information content (AvgIpc) is 2.88. The van der Waals surface area contributed by atoms with Gasteiger partial charge >= 0.3 is 5.97 Å². The monoisotopic (exact) mass is 296 g/mol. The normalized spacial score (nSPS) is 37.6. The molecule has 1 saturated carbocycles. The van der Waals surface area contributed by atoms with Crippen LogP contribution in [-0.2, 0) is 9.53 Å². The highest BCUT2D eigenvalue weighted by atomic mass is 16.5. The highest BCUT2D eigenvalue weighted by Crippen LogP contribution is 2.37. The molecular weight excluding hydrogens is 264 g/mol. The Bertz CT molecular complexity index is 348. The summed E-state index contributed by atoms with van der Waals surface area (Å²) in [5.41, 5.74) is 6.02. The van der Waals surface area contributed by atoms with Crippen LogP contribution in [0, 0.1) is 23.7 Å². The summed E-state index contributed by atoms with van der Waals surface area (Å²) in [5.74, 6) is 1.83. The minimum atomic E-state index is -0.0461. The first-order valence-electron chi connectivity index (χ1n) is 8.62. The molecule has 2 fully saturated rings. The van der Waals surface area contributed by atoms with Crippen LogP contribution in [0.5, 0.6) is 0 Å². The Balaban J connectivity index is 2.02. The Labute approximate surface area is 129 Å². The van der Waals surface area contributed by atoms with Crippen molar-refractivity contribution in [1.29, 1.82) is 0 Å². The lowest BCUT2D eigenvalue weighted by Gasteiger charge is -2.41. The van der Waals surface area contributed by atoms with Crippen molar-refractivity contribution in [3.8, 4) is 0 Å². The number of hydrogen-bond acceptors (Lipinski definition) is 4. The van der Waals surface area contributed by atoms with Crippen LogP contribution >= 0.6 is 0 Å². The number of nitrogens with two attached hydrogens (primary N) is 1. The quantitative estimate of drug-likeness (QED) is 0.791. The molecule has 0 aromatic rings. The lowest BCUT2D eigenvalue weighted by molar-refractivity contribution is -0.146. The zero-order chi connectivity index (χ0) is 15.4. The molecule has 2 N–H and O–H groups in total. The Kier molecular flexibility index (Phi) is 6.06. The predicted octanol–water partition coefficient (Wildman–Crippen LogP) is 2.27. The van der Waals surface area contributed by atoms with Crippen LogP contribution in [0.1, 0.15) is 46.0 Å². The molecule has 1 aliphatic heterocycles. The van der Waals surface area contributed by atoms with E-state index < -0.39 is 0 Å². The summed E-state index contributed by atoms with van der Waals surface area (Å²) in [7, 11) is 1.50. The van der Waals surface area contributed by atoms with Crippen molar-refractivity contribution in [1.82, 2.24) is 4.90 Å². The molecule has 4 heteroatoms. The van der Waals surface area contributed by atoms with E-state index in [9.17, 15) is 4.79 Å². The van der Waals surface area contributed by atoms with E-state index in [1.165, 1.54) is 39.2 Å². The van der Waals surface area contributed by atoms with E-state index >= 15 is 0 Å². The zero-order valence-electron chi connectivity index (χ0n) is 13.9. The van der Waals surface area contributed by atoms with Gasteiger partial charge in [-0.2, -0.15) is 0 Å².